The summed E-state index contributed by atoms with van der Waals surface area (Å²) in [6, 6.07) is 6.43. The Balaban J connectivity index is 2.76. The van der Waals surface area contributed by atoms with Crippen LogP contribution in [0.2, 0.25) is 0 Å². The number of benzene rings is 1. The third-order valence-corrected chi connectivity index (χ3v) is 3.27. The molecular formula is C10H14N2O4S. The first-order valence-electron chi connectivity index (χ1n) is 4.99. The molecule has 94 valence electrons. The van der Waals surface area contributed by atoms with E-state index >= 15 is 0 Å². The molecule has 0 unspecified atom stereocenters. The molecule has 17 heavy (non-hydrogen) atoms. The van der Waals surface area contributed by atoms with Gasteiger partial charge in [-0.2, -0.15) is 0 Å². The molecule has 1 aromatic rings. The molecule has 0 amide bonds. The van der Waals surface area contributed by atoms with Gasteiger partial charge in [0.1, 0.15) is 6.54 Å². The van der Waals surface area contributed by atoms with Gasteiger partial charge in [0.25, 0.3) is 0 Å². The largest absolute Gasteiger partial charge is 0.480 e. The Morgan fingerprint density at radius 1 is 1.35 bits per heavy atom. The van der Waals surface area contributed by atoms with Crippen LogP contribution in [-0.2, 0) is 14.8 Å². The Hall–Kier alpha value is -1.76. The van der Waals surface area contributed by atoms with Crippen LogP contribution in [-0.4, -0.2) is 31.8 Å². The quantitative estimate of drug-likeness (QED) is 0.706. The summed E-state index contributed by atoms with van der Waals surface area (Å²) in [6.45, 7) is 1.32. The number of sulfonamides is 1. The van der Waals surface area contributed by atoms with Crippen LogP contribution in [0.25, 0.3) is 0 Å². The number of carboxylic acid groups (broad SMARTS) is 1. The summed E-state index contributed by atoms with van der Waals surface area (Å²) >= 11 is 0. The zero-order valence-corrected chi connectivity index (χ0v) is 10.1. The molecule has 1 rings (SSSR count). The van der Waals surface area contributed by atoms with Crippen LogP contribution >= 0.6 is 0 Å². The van der Waals surface area contributed by atoms with Crippen molar-refractivity contribution in [2.24, 2.45) is 0 Å². The normalized spacial score (nSPS) is 10.9. The molecule has 0 aliphatic carbocycles. The second-order valence-electron chi connectivity index (χ2n) is 3.33. The molecule has 0 radical (unpaired) electrons. The second kappa shape index (κ2) is 5.53. The number of aliphatic carboxylic acids is 1. The van der Waals surface area contributed by atoms with E-state index in [-0.39, 0.29) is 12.3 Å². The van der Waals surface area contributed by atoms with Crippen molar-refractivity contribution in [3.8, 4) is 0 Å². The molecule has 0 fully saturated rings. The fourth-order valence-corrected chi connectivity index (χ4v) is 1.75. The van der Waals surface area contributed by atoms with Gasteiger partial charge in [0, 0.05) is 5.69 Å². The van der Waals surface area contributed by atoms with Crippen LogP contribution in [0.1, 0.15) is 6.92 Å². The van der Waals surface area contributed by atoms with Gasteiger partial charge >= 0.3 is 5.97 Å². The molecule has 0 aliphatic rings. The molecule has 6 nitrogen and oxygen atoms in total. The maximum absolute atomic E-state index is 11.3. The molecule has 3 N–H and O–H groups in total. The maximum atomic E-state index is 11.3. The molecule has 7 heteroatoms. The number of anilines is 2. The Morgan fingerprint density at radius 2 is 2.00 bits per heavy atom. The van der Waals surface area contributed by atoms with Crippen molar-refractivity contribution in [1.29, 1.82) is 0 Å². The zero-order valence-electron chi connectivity index (χ0n) is 9.30. The van der Waals surface area contributed by atoms with Crippen molar-refractivity contribution < 1.29 is 18.3 Å². The van der Waals surface area contributed by atoms with Gasteiger partial charge in [0.05, 0.1) is 11.4 Å². The SMILES string of the molecule is CCS(=O)(=O)Nc1cccc(NCC(=O)O)c1. The summed E-state index contributed by atoms with van der Waals surface area (Å²) in [7, 11) is -3.31. The molecule has 0 aliphatic heterocycles. The Bertz CT molecular complexity index is 499. The first kappa shape index (κ1) is 13.3. The highest BCUT2D eigenvalue weighted by Crippen LogP contribution is 2.16. The van der Waals surface area contributed by atoms with Crippen molar-refractivity contribution >= 4 is 27.4 Å². The summed E-state index contributed by atoms with van der Waals surface area (Å²) < 4.78 is 25.0. The van der Waals surface area contributed by atoms with E-state index in [1.807, 2.05) is 0 Å². The van der Waals surface area contributed by atoms with Crippen LogP contribution in [0.5, 0.6) is 0 Å². The van der Waals surface area contributed by atoms with Gasteiger partial charge in [-0.15, -0.1) is 0 Å². The molecule has 0 atom stereocenters. The molecule has 0 spiro atoms. The van der Waals surface area contributed by atoms with Crippen LogP contribution < -0.4 is 10.0 Å². The molecule has 0 saturated carbocycles. The standard InChI is InChI=1S/C10H14N2O4S/c1-2-17(15,16)12-9-5-3-4-8(6-9)11-7-10(13)14/h3-6,11-12H,2,7H2,1H3,(H,13,14). The van der Waals surface area contributed by atoms with Crippen molar-refractivity contribution in [2.45, 2.75) is 6.92 Å². The summed E-state index contributed by atoms with van der Waals surface area (Å²) in [6.07, 6.45) is 0. The monoisotopic (exact) mass is 258 g/mol. The highest BCUT2D eigenvalue weighted by Gasteiger charge is 2.06. The van der Waals surface area contributed by atoms with Gasteiger partial charge in [-0.05, 0) is 25.1 Å². The zero-order chi connectivity index (χ0) is 12.9. The summed E-state index contributed by atoms with van der Waals surface area (Å²) in [5.41, 5.74) is 0.950. The highest BCUT2D eigenvalue weighted by atomic mass is 32.2. The van der Waals surface area contributed by atoms with Crippen LogP contribution in [0.3, 0.4) is 0 Å². The lowest BCUT2D eigenvalue weighted by atomic mass is 10.3. The van der Waals surface area contributed by atoms with E-state index in [0.29, 0.717) is 11.4 Å². The number of hydrogen-bond acceptors (Lipinski definition) is 4. The molecule has 0 heterocycles. The number of rotatable bonds is 6. The predicted octanol–water partition coefficient (Wildman–Crippen LogP) is 0.945. The molecule has 0 saturated heterocycles. The average Bonchev–Trinajstić information content (AvgIpc) is 2.26. The Labute approximate surface area is 99.7 Å². The van der Waals surface area contributed by atoms with Gasteiger partial charge in [-0.3, -0.25) is 9.52 Å². The fourth-order valence-electron chi connectivity index (χ4n) is 1.12. The second-order valence-corrected chi connectivity index (χ2v) is 5.34. The van der Waals surface area contributed by atoms with Crippen molar-refractivity contribution in [2.75, 3.05) is 22.3 Å². The highest BCUT2D eigenvalue weighted by molar-refractivity contribution is 7.92. The van der Waals surface area contributed by atoms with E-state index in [4.69, 9.17) is 5.11 Å². The summed E-state index contributed by atoms with van der Waals surface area (Å²) in [4.78, 5) is 10.4. The number of hydrogen-bond donors (Lipinski definition) is 3. The summed E-state index contributed by atoms with van der Waals surface area (Å²) in [5, 5.41) is 11.1. The molecule has 1 aromatic carbocycles. The van der Waals surface area contributed by atoms with Gasteiger partial charge in [-0.25, -0.2) is 8.42 Å². The van der Waals surface area contributed by atoms with E-state index in [0.717, 1.165) is 0 Å². The van der Waals surface area contributed by atoms with Crippen LogP contribution in [0, 0.1) is 0 Å². The minimum Gasteiger partial charge on any atom is -0.480 e. The van der Waals surface area contributed by atoms with Crippen LogP contribution in [0.4, 0.5) is 11.4 Å². The minimum absolute atomic E-state index is 0.0141. The lowest BCUT2D eigenvalue weighted by molar-refractivity contribution is -0.134. The van der Waals surface area contributed by atoms with Gasteiger partial charge in [0.2, 0.25) is 10.0 Å². The lowest BCUT2D eigenvalue weighted by Crippen LogP contribution is -2.15. The van der Waals surface area contributed by atoms with Gasteiger partial charge < -0.3 is 10.4 Å². The smallest absolute Gasteiger partial charge is 0.322 e. The maximum Gasteiger partial charge on any atom is 0.322 e. The molecule has 0 bridgehead atoms. The molecule has 0 aromatic heterocycles. The minimum atomic E-state index is -3.31. The number of nitrogens with one attached hydrogen (secondary N) is 2. The van der Waals surface area contributed by atoms with Crippen LogP contribution in [0.15, 0.2) is 24.3 Å². The first-order valence-corrected chi connectivity index (χ1v) is 6.64. The topological polar surface area (TPSA) is 95.5 Å². The lowest BCUT2D eigenvalue weighted by Gasteiger charge is -2.08. The van der Waals surface area contributed by atoms with E-state index < -0.39 is 16.0 Å². The Kier molecular flexibility index (Phi) is 4.33. The van der Waals surface area contributed by atoms with Crippen molar-refractivity contribution in [1.82, 2.24) is 0 Å². The van der Waals surface area contributed by atoms with Gasteiger partial charge in [-0.1, -0.05) is 6.07 Å². The third kappa shape index (κ3) is 4.73. The first-order chi connectivity index (χ1) is 7.93. The van der Waals surface area contributed by atoms with Gasteiger partial charge in [0.15, 0.2) is 0 Å². The van der Waals surface area contributed by atoms with E-state index in [2.05, 4.69) is 10.0 Å². The average molecular weight is 258 g/mol. The number of carbonyl (C=O) groups is 1. The third-order valence-electron chi connectivity index (χ3n) is 1.96. The van der Waals surface area contributed by atoms with Crippen molar-refractivity contribution in [3.05, 3.63) is 24.3 Å². The van der Waals surface area contributed by atoms with E-state index in [1.54, 1.807) is 18.2 Å². The Morgan fingerprint density at radius 3 is 2.59 bits per heavy atom. The summed E-state index contributed by atoms with van der Waals surface area (Å²) in [5.74, 6) is -0.996. The predicted molar refractivity (Wildman–Crippen MR) is 65.7 cm³/mol. The fraction of sp³-hybridized carbons (Fsp3) is 0.300. The van der Waals surface area contributed by atoms with Crippen molar-refractivity contribution in [3.63, 3.8) is 0 Å². The van der Waals surface area contributed by atoms with E-state index in [1.165, 1.54) is 13.0 Å². The molecular weight excluding hydrogens is 244 g/mol. The number of carboxylic acids is 1. The van der Waals surface area contributed by atoms with E-state index in [9.17, 15) is 13.2 Å².